The molecule has 11 heavy (non-hydrogen) atoms. The van der Waals surface area contributed by atoms with Crippen LogP contribution in [0.2, 0.25) is 0 Å². The predicted octanol–water partition coefficient (Wildman–Crippen LogP) is 0.648. The molecule has 1 amide bonds. The van der Waals surface area contributed by atoms with Gasteiger partial charge in [-0.1, -0.05) is 20.8 Å². The number of hydrogen-bond acceptors (Lipinski definition) is 2. The van der Waals surface area contributed by atoms with E-state index in [4.69, 9.17) is 0 Å². The Kier molecular flexibility index (Phi) is 3.79. The fourth-order valence-corrected chi connectivity index (χ4v) is 0.492. The van der Waals surface area contributed by atoms with Gasteiger partial charge in [-0.15, -0.1) is 0 Å². The summed E-state index contributed by atoms with van der Waals surface area (Å²) >= 11 is 0. The molecule has 3 heteroatoms. The molecule has 0 bridgehead atoms. The summed E-state index contributed by atoms with van der Waals surface area (Å²) in [6.07, 6.45) is 1.98. The van der Waals surface area contributed by atoms with E-state index in [-0.39, 0.29) is 17.7 Å². The van der Waals surface area contributed by atoms with E-state index in [0.29, 0.717) is 6.54 Å². The minimum absolute atomic E-state index is 0.0345. The van der Waals surface area contributed by atoms with Gasteiger partial charge in [-0.2, -0.15) is 0 Å². The summed E-state index contributed by atoms with van der Waals surface area (Å²) < 4.78 is 0. The van der Waals surface area contributed by atoms with Crippen LogP contribution in [0.15, 0.2) is 0 Å². The van der Waals surface area contributed by atoms with Crippen LogP contribution in [0.1, 0.15) is 27.2 Å². The van der Waals surface area contributed by atoms with Crippen molar-refractivity contribution in [2.45, 2.75) is 27.2 Å². The molecular formula is C8H14NO2. The van der Waals surface area contributed by atoms with Gasteiger partial charge in [0, 0.05) is 18.4 Å². The van der Waals surface area contributed by atoms with Crippen molar-refractivity contribution >= 4 is 12.2 Å². The van der Waals surface area contributed by atoms with Crippen molar-refractivity contribution in [3.63, 3.8) is 0 Å². The molecule has 0 aliphatic rings. The molecule has 63 valence electrons. The molecule has 0 saturated carbocycles. The zero-order valence-corrected chi connectivity index (χ0v) is 7.23. The molecule has 0 aliphatic carbocycles. The Morgan fingerprint density at radius 3 is 2.36 bits per heavy atom. The van der Waals surface area contributed by atoms with Gasteiger partial charge in [-0.3, -0.25) is 9.59 Å². The smallest absolute Gasteiger partial charge is 0.225 e. The van der Waals surface area contributed by atoms with Crippen molar-refractivity contribution < 1.29 is 9.59 Å². The first-order valence-electron chi connectivity index (χ1n) is 3.62. The molecule has 0 aliphatic heterocycles. The van der Waals surface area contributed by atoms with E-state index >= 15 is 0 Å². The van der Waals surface area contributed by atoms with Crippen LogP contribution in [0.5, 0.6) is 0 Å². The molecule has 1 N–H and O–H groups in total. The minimum Gasteiger partial charge on any atom is -0.355 e. The summed E-state index contributed by atoms with van der Waals surface area (Å²) in [6.45, 7) is 5.87. The standard InChI is InChI=1S/C8H14NO2/c1-8(2,3)7(11)9-5-4-6-10/h4-5H2,1-3H3,(H,9,11). The Morgan fingerprint density at radius 2 is 2.00 bits per heavy atom. The van der Waals surface area contributed by atoms with Crippen LogP contribution in [-0.2, 0) is 9.59 Å². The third kappa shape index (κ3) is 4.53. The lowest BCUT2D eigenvalue weighted by atomic mass is 9.96. The van der Waals surface area contributed by atoms with Gasteiger partial charge in [-0.05, 0) is 0 Å². The first-order chi connectivity index (χ1) is 4.98. The maximum atomic E-state index is 11.1. The molecule has 0 heterocycles. The molecule has 0 saturated heterocycles. The van der Waals surface area contributed by atoms with Gasteiger partial charge in [0.05, 0.1) is 0 Å². The number of amides is 1. The van der Waals surface area contributed by atoms with Gasteiger partial charge in [0.1, 0.15) is 0 Å². The largest absolute Gasteiger partial charge is 0.355 e. The van der Waals surface area contributed by atoms with Crippen LogP contribution in [0.4, 0.5) is 0 Å². The number of rotatable bonds is 3. The average molecular weight is 156 g/mol. The first kappa shape index (κ1) is 10.1. The number of nitrogens with one attached hydrogen (secondary N) is 1. The fraction of sp³-hybridized carbons (Fsp3) is 0.750. The lowest BCUT2D eigenvalue weighted by molar-refractivity contribution is -0.128. The predicted molar refractivity (Wildman–Crippen MR) is 42.8 cm³/mol. The van der Waals surface area contributed by atoms with Crippen LogP contribution >= 0.6 is 0 Å². The second kappa shape index (κ2) is 4.11. The summed E-state index contributed by atoms with van der Waals surface area (Å²) in [6, 6.07) is 0. The van der Waals surface area contributed by atoms with Crippen LogP contribution < -0.4 is 5.32 Å². The molecule has 0 fully saturated rings. The van der Waals surface area contributed by atoms with Gasteiger partial charge in [0.2, 0.25) is 5.91 Å². The molecule has 0 unspecified atom stereocenters. The van der Waals surface area contributed by atoms with Crippen molar-refractivity contribution in [1.29, 1.82) is 0 Å². The second-order valence-electron chi connectivity index (χ2n) is 3.40. The maximum Gasteiger partial charge on any atom is 0.225 e. The van der Waals surface area contributed by atoms with Crippen molar-refractivity contribution in [2.75, 3.05) is 6.54 Å². The Labute approximate surface area is 67.2 Å². The minimum atomic E-state index is -0.372. The van der Waals surface area contributed by atoms with Gasteiger partial charge < -0.3 is 5.32 Å². The summed E-state index contributed by atoms with van der Waals surface area (Å²) in [4.78, 5) is 20.9. The van der Waals surface area contributed by atoms with E-state index in [2.05, 4.69) is 5.32 Å². The number of carbonyl (C=O) groups is 1. The highest BCUT2D eigenvalue weighted by Crippen LogP contribution is 2.11. The van der Waals surface area contributed by atoms with E-state index in [9.17, 15) is 9.59 Å². The lowest BCUT2D eigenvalue weighted by Crippen LogP contribution is -2.35. The van der Waals surface area contributed by atoms with Crippen LogP contribution in [0.3, 0.4) is 0 Å². The molecular weight excluding hydrogens is 142 g/mol. The molecule has 0 spiro atoms. The SMILES string of the molecule is CC(C)(C)C(=O)NCC[C]=O. The maximum absolute atomic E-state index is 11.1. The number of carbonyl (C=O) groups excluding carboxylic acids is 2. The average Bonchev–Trinajstić information content (AvgIpc) is 1.86. The summed E-state index contributed by atoms with van der Waals surface area (Å²) in [7, 11) is 0. The highest BCUT2D eigenvalue weighted by Gasteiger charge is 2.19. The van der Waals surface area contributed by atoms with Crippen LogP contribution in [0, 0.1) is 5.41 Å². The highest BCUT2D eigenvalue weighted by atomic mass is 16.2. The quantitative estimate of drug-likeness (QED) is 0.610. The van der Waals surface area contributed by atoms with Gasteiger partial charge in [-0.25, -0.2) is 0 Å². The summed E-state index contributed by atoms with van der Waals surface area (Å²) in [5.74, 6) is -0.0345. The van der Waals surface area contributed by atoms with Gasteiger partial charge >= 0.3 is 0 Å². The third-order valence-electron chi connectivity index (χ3n) is 1.19. The molecule has 0 aromatic heterocycles. The van der Waals surface area contributed by atoms with E-state index < -0.39 is 0 Å². The zero-order valence-electron chi connectivity index (χ0n) is 7.23. The van der Waals surface area contributed by atoms with Crippen LogP contribution in [0.25, 0.3) is 0 Å². The van der Waals surface area contributed by atoms with E-state index in [0.717, 1.165) is 0 Å². The van der Waals surface area contributed by atoms with Gasteiger partial charge in [0.25, 0.3) is 0 Å². The molecule has 3 nitrogen and oxygen atoms in total. The van der Waals surface area contributed by atoms with Crippen molar-refractivity contribution in [1.82, 2.24) is 5.32 Å². The molecule has 0 atom stereocenters. The summed E-state index contributed by atoms with van der Waals surface area (Å²) in [5, 5.41) is 2.62. The van der Waals surface area contributed by atoms with Crippen molar-refractivity contribution in [2.24, 2.45) is 5.41 Å². The molecule has 0 aromatic carbocycles. The Bertz CT molecular complexity index is 147. The molecule has 0 rings (SSSR count). The topological polar surface area (TPSA) is 46.2 Å². The zero-order chi connectivity index (χ0) is 8.91. The van der Waals surface area contributed by atoms with Gasteiger partial charge in [0.15, 0.2) is 6.29 Å². The monoisotopic (exact) mass is 156 g/mol. The first-order valence-corrected chi connectivity index (χ1v) is 3.62. The van der Waals surface area contributed by atoms with Crippen molar-refractivity contribution in [3.8, 4) is 0 Å². The van der Waals surface area contributed by atoms with Crippen molar-refractivity contribution in [3.05, 3.63) is 0 Å². The Balaban J connectivity index is 3.62. The lowest BCUT2D eigenvalue weighted by Gasteiger charge is -2.16. The van der Waals surface area contributed by atoms with E-state index in [1.54, 1.807) is 6.29 Å². The number of hydrogen-bond donors (Lipinski definition) is 1. The normalized spacial score (nSPS) is 10.8. The van der Waals surface area contributed by atoms with E-state index in [1.165, 1.54) is 0 Å². The Hall–Kier alpha value is -0.860. The molecule has 0 aromatic rings. The molecule has 1 radical (unpaired) electrons. The highest BCUT2D eigenvalue weighted by molar-refractivity contribution is 5.81. The summed E-state index contributed by atoms with van der Waals surface area (Å²) in [5.41, 5.74) is -0.372. The van der Waals surface area contributed by atoms with E-state index in [1.807, 2.05) is 20.8 Å². The Morgan fingerprint density at radius 1 is 1.45 bits per heavy atom. The third-order valence-corrected chi connectivity index (χ3v) is 1.19. The fourth-order valence-electron chi connectivity index (χ4n) is 0.492. The second-order valence-corrected chi connectivity index (χ2v) is 3.40. The van der Waals surface area contributed by atoms with Crippen LogP contribution in [-0.4, -0.2) is 18.7 Å².